The van der Waals surface area contributed by atoms with Gasteiger partial charge in [-0.25, -0.2) is 9.79 Å². The Morgan fingerprint density at radius 3 is 1.86 bits per heavy atom. The van der Waals surface area contributed by atoms with Gasteiger partial charge in [0.2, 0.25) is 6.08 Å². The highest BCUT2D eigenvalue weighted by Gasteiger charge is 1.83. The van der Waals surface area contributed by atoms with E-state index in [1.807, 2.05) is 33.1 Å². The topological polar surface area (TPSA) is 61.9 Å². The first-order chi connectivity index (χ1) is 6.54. The number of nitrogens with zero attached hydrogens (tertiary/aromatic N) is 3. The van der Waals surface area contributed by atoms with Crippen molar-refractivity contribution < 1.29 is 4.79 Å². The van der Waals surface area contributed by atoms with Crippen LogP contribution >= 0.6 is 0 Å². The summed E-state index contributed by atoms with van der Waals surface area (Å²) in [5.74, 6) is 0. The van der Waals surface area contributed by atoms with Crippen LogP contribution < -0.4 is 5.73 Å². The van der Waals surface area contributed by atoms with Gasteiger partial charge in [-0.05, 0) is 28.2 Å². The lowest BCUT2D eigenvalue weighted by Gasteiger charge is -2.03. The highest BCUT2D eigenvalue weighted by molar-refractivity contribution is 5.32. The number of nitrogens with two attached hydrogens (primary N) is 1. The maximum Gasteiger partial charge on any atom is 0.234 e. The minimum Gasteiger partial charge on any atom is -0.329 e. The van der Waals surface area contributed by atoms with E-state index in [1.165, 1.54) is 6.08 Å². The maximum atomic E-state index is 9.48. The Bertz CT molecular complexity index is 153. The van der Waals surface area contributed by atoms with Crippen LogP contribution in [0.1, 0.15) is 0 Å². The smallest absolute Gasteiger partial charge is 0.234 e. The molecule has 0 spiro atoms. The van der Waals surface area contributed by atoms with Crippen LogP contribution in [0.2, 0.25) is 0 Å². The SMILES string of the molecule is CN(C)CCN.CN(C)CCN=C=O. The van der Waals surface area contributed by atoms with Gasteiger partial charge in [-0.2, -0.15) is 0 Å². The molecule has 0 aromatic heterocycles. The van der Waals surface area contributed by atoms with Gasteiger partial charge in [0.25, 0.3) is 0 Å². The van der Waals surface area contributed by atoms with Crippen LogP contribution in [0.15, 0.2) is 4.99 Å². The number of hydrogen-bond donors (Lipinski definition) is 1. The van der Waals surface area contributed by atoms with Gasteiger partial charge < -0.3 is 15.5 Å². The molecule has 0 fully saturated rings. The normalized spacial score (nSPS) is 9.36. The van der Waals surface area contributed by atoms with Crippen molar-refractivity contribution >= 4 is 6.08 Å². The summed E-state index contributed by atoms with van der Waals surface area (Å²) in [5.41, 5.74) is 5.19. The van der Waals surface area contributed by atoms with E-state index in [9.17, 15) is 4.79 Å². The van der Waals surface area contributed by atoms with Crippen LogP contribution in [0.25, 0.3) is 0 Å². The van der Waals surface area contributed by atoms with Gasteiger partial charge in [0.15, 0.2) is 0 Å². The molecule has 14 heavy (non-hydrogen) atoms. The Kier molecular flexibility index (Phi) is 13.8. The molecule has 0 aromatic carbocycles. The van der Waals surface area contributed by atoms with Gasteiger partial charge in [-0.15, -0.1) is 0 Å². The third kappa shape index (κ3) is 22.5. The lowest BCUT2D eigenvalue weighted by Crippen LogP contribution is -2.20. The molecule has 0 amide bonds. The van der Waals surface area contributed by atoms with E-state index in [1.54, 1.807) is 0 Å². The van der Waals surface area contributed by atoms with E-state index in [-0.39, 0.29) is 0 Å². The lowest BCUT2D eigenvalue weighted by atomic mass is 10.6. The van der Waals surface area contributed by atoms with Crippen molar-refractivity contribution in [3.8, 4) is 0 Å². The first kappa shape index (κ1) is 15.7. The summed E-state index contributed by atoms with van der Waals surface area (Å²) in [6.45, 7) is 3.11. The van der Waals surface area contributed by atoms with E-state index >= 15 is 0 Å². The van der Waals surface area contributed by atoms with Crippen molar-refractivity contribution in [1.29, 1.82) is 0 Å². The van der Waals surface area contributed by atoms with Crippen molar-refractivity contribution in [1.82, 2.24) is 9.80 Å². The lowest BCUT2D eigenvalue weighted by molar-refractivity contribution is 0.420. The number of aliphatic imine (C=N–C) groups is 1. The number of rotatable bonds is 5. The Balaban J connectivity index is 0. The molecule has 0 bridgehead atoms. The first-order valence-electron chi connectivity index (χ1n) is 4.57. The summed E-state index contributed by atoms with van der Waals surface area (Å²) in [7, 11) is 7.88. The van der Waals surface area contributed by atoms with Crippen LogP contribution in [-0.2, 0) is 4.79 Å². The molecule has 0 atom stereocenters. The predicted molar refractivity (Wildman–Crippen MR) is 59.2 cm³/mol. The first-order valence-corrected chi connectivity index (χ1v) is 4.57. The fourth-order valence-corrected chi connectivity index (χ4v) is 0.554. The average molecular weight is 202 g/mol. The minimum absolute atomic E-state index is 0.552. The molecule has 0 radical (unpaired) electrons. The van der Waals surface area contributed by atoms with Gasteiger partial charge in [0, 0.05) is 19.6 Å². The van der Waals surface area contributed by atoms with Crippen molar-refractivity contribution in [3.63, 3.8) is 0 Å². The zero-order chi connectivity index (χ0) is 11.4. The molecule has 0 saturated carbocycles. The van der Waals surface area contributed by atoms with E-state index in [4.69, 9.17) is 5.73 Å². The third-order valence-electron chi connectivity index (χ3n) is 1.30. The average Bonchev–Trinajstić information content (AvgIpc) is 2.05. The predicted octanol–water partition coefficient (Wildman–Crippen LogP) is -0.609. The van der Waals surface area contributed by atoms with Crippen molar-refractivity contribution in [3.05, 3.63) is 0 Å². The van der Waals surface area contributed by atoms with Gasteiger partial charge in [0.05, 0.1) is 6.54 Å². The van der Waals surface area contributed by atoms with E-state index < -0.39 is 0 Å². The zero-order valence-electron chi connectivity index (χ0n) is 9.66. The molecular formula is C9H22N4O. The van der Waals surface area contributed by atoms with Crippen molar-refractivity contribution in [2.45, 2.75) is 0 Å². The summed E-state index contributed by atoms with van der Waals surface area (Å²) in [6, 6.07) is 0. The van der Waals surface area contributed by atoms with Crippen LogP contribution in [0.4, 0.5) is 0 Å². The van der Waals surface area contributed by atoms with E-state index in [0.717, 1.165) is 19.6 Å². The number of carbonyl (C=O) groups excluding carboxylic acids is 1. The molecule has 0 aromatic rings. The van der Waals surface area contributed by atoms with Crippen LogP contribution in [0, 0.1) is 0 Å². The van der Waals surface area contributed by atoms with Crippen LogP contribution in [0.3, 0.4) is 0 Å². The Labute approximate surface area is 86.6 Å². The molecule has 5 nitrogen and oxygen atoms in total. The number of isocyanates is 1. The largest absolute Gasteiger partial charge is 0.329 e. The molecule has 0 aliphatic carbocycles. The fraction of sp³-hybridized carbons (Fsp3) is 0.889. The molecular weight excluding hydrogens is 180 g/mol. The van der Waals surface area contributed by atoms with Gasteiger partial charge >= 0.3 is 0 Å². The third-order valence-corrected chi connectivity index (χ3v) is 1.30. The second kappa shape index (κ2) is 12.3. The van der Waals surface area contributed by atoms with Gasteiger partial charge in [-0.3, -0.25) is 0 Å². The monoisotopic (exact) mass is 202 g/mol. The van der Waals surface area contributed by atoms with E-state index in [0.29, 0.717) is 6.54 Å². The van der Waals surface area contributed by atoms with E-state index in [2.05, 4.69) is 9.89 Å². The fourth-order valence-electron chi connectivity index (χ4n) is 0.554. The molecule has 0 heterocycles. The zero-order valence-corrected chi connectivity index (χ0v) is 9.66. The molecule has 0 saturated heterocycles. The highest BCUT2D eigenvalue weighted by Crippen LogP contribution is 1.72. The van der Waals surface area contributed by atoms with Gasteiger partial charge in [0.1, 0.15) is 0 Å². The Morgan fingerprint density at radius 2 is 1.64 bits per heavy atom. The molecule has 5 heteroatoms. The highest BCUT2D eigenvalue weighted by atomic mass is 16.1. The molecule has 2 N–H and O–H groups in total. The van der Waals surface area contributed by atoms with Crippen LogP contribution in [0.5, 0.6) is 0 Å². The standard InChI is InChI=1S/C5H10N2O.C4H12N2/c1-7(2)4-3-6-5-8;1-6(2)4-3-5/h3-4H2,1-2H3;3-5H2,1-2H3. The second-order valence-electron chi connectivity index (χ2n) is 3.37. The Hall–Kier alpha value is -0.740. The molecule has 0 aliphatic heterocycles. The summed E-state index contributed by atoms with van der Waals surface area (Å²) >= 11 is 0. The second-order valence-corrected chi connectivity index (χ2v) is 3.37. The quantitative estimate of drug-likeness (QED) is 0.477. The van der Waals surface area contributed by atoms with Gasteiger partial charge in [-0.1, -0.05) is 0 Å². The molecule has 0 aliphatic rings. The maximum absolute atomic E-state index is 9.48. The summed E-state index contributed by atoms with van der Waals surface area (Å²) in [5, 5.41) is 0. The van der Waals surface area contributed by atoms with Crippen LogP contribution in [-0.4, -0.2) is 70.2 Å². The molecule has 0 rings (SSSR count). The summed E-state index contributed by atoms with van der Waals surface area (Å²) in [4.78, 5) is 16.9. The summed E-state index contributed by atoms with van der Waals surface area (Å²) in [6.07, 6.45) is 1.47. The number of hydrogen-bond acceptors (Lipinski definition) is 5. The molecule has 84 valence electrons. The van der Waals surface area contributed by atoms with Crippen molar-refractivity contribution in [2.75, 3.05) is 54.4 Å². The van der Waals surface area contributed by atoms with Crippen molar-refractivity contribution in [2.24, 2.45) is 10.7 Å². The molecule has 0 unspecified atom stereocenters. The Morgan fingerprint density at radius 1 is 1.14 bits per heavy atom. The number of likely N-dealkylation sites (N-methyl/N-ethyl adjacent to an activating group) is 2. The summed E-state index contributed by atoms with van der Waals surface area (Å²) < 4.78 is 0. The minimum atomic E-state index is 0.552.